The van der Waals surface area contributed by atoms with Crippen molar-refractivity contribution in [2.75, 3.05) is 18.5 Å². The molecule has 1 aliphatic heterocycles. The highest BCUT2D eigenvalue weighted by Crippen LogP contribution is 2.16. The molecule has 146 valence electrons. The average Bonchev–Trinajstić information content (AvgIpc) is 3.38. The fraction of sp³-hybridized carbons (Fsp3) is 0.250. The average molecular weight is 399 g/mol. The van der Waals surface area contributed by atoms with Crippen LogP contribution in [0.25, 0.3) is 6.08 Å². The van der Waals surface area contributed by atoms with Crippen LogP contribution in [0, 0.1) is 0 Å². The summed E-state index contributed by atoms with van der Waals surface area (Å²) >= 11 is 5.17. The zero-order valence-corrected chi connectivity index (χ0v) is 16.0. The van der Waals surface area contributed by atoms with Gasteiger partial charge in [0.15, 0.2) is 5.11 Å². The van der Waals surface area contributed by atoms with Crippen LogP contribution in [0.4, 0.5) is 5.69 Å². The minimum Gasteiger partial charge on any atom is -0.465 e. The van der Waals surface area contributed by atoms with E-state index in [0.717, 1.165) is 19.4 Å². The van der Waals surface area contributed by atoms with Crippen molar-refractivity contribution >= 4 is 40.9 Å². The first-order valence-electron chi connectivity index (χ1n) is 8.94. The van der Waals surface area contributed by atoms with Crippen LogP contribution in [0.5, 0.6) is 0 Å². The van der Waals surface area contributed by atoms with Crippen LogP contribution in [0.2, 0.25) is 0 Å². The van der Waals surface area contributed by atoms with Crippen LogP contribution in [-0.2, 0) is 9.53 Å². The minimum absolute atomic E-state index is 0.0605. The van der Waals surface area contributed by atoms with Gasteiger partial charge in [0.2, 0.25) is 5.91 Å². The first-order chi connectivity index (χ1) is 13.6. The van der Waals surface area contributed by atoms with Gasteiger partial charge in [0.1, 0.15) is 5.76 Å². The van der Waals surface area contributed by atoms with Crippen LogP contribution in [-0.4, -0.2) is 36.2 Å². The molecule has 3 N–H and O–H groups in total. The molecule has 8 heteroatoms. The standard InChI is InChI=1S/C20H21N3O4S/c24-18(10-9-14-5-3-11-26-14)23-20(28)22-17-8-2-1-7-16(17)19(25)21-13-15-6-4-12-27-15/h1-3,5,7-11,15H,4,6,12-13H2,(H,21,25)(H2,22,23,24,28)/b10-9-/t15-/m1/s1. The van der Waals surface area contributed by atoms with Crippen molar-refractivity contribution in [3.05, 3.63) is 60.1 Å². The number of amides is 2. The van der Waals surface area contributed by atoms with Crippen molar-refractivity contribution in [2.45, 2.75) is 18.9 Å². The SMILES string of the molecule is O=C(/C=C\c1ccco1)NC(=S)Nc1ccccc1C(=O)NC[C@H]1CCCO1. The zero-order chi connectivity index (χ0) is 19.8. The van der Waals surface area contributed by atoms with Crippen molar-refractivity contribution in [3.63, 3.8) is 0 Å². The number of carbonyl (C=O) groups is 2. The van der Waals surface area contributed by atoms with Crippen LogP contribution in [0.3, 0.4) is 0 Å². The first-order valence-corrected chi connectivity index (χ1v) is 9.35. The Morgan fingerprint density at radius 3 is 2.82 bits per heavy atom. The highest BCUT2D eigenvalue weighted by atomic mass is 32.1. The molecule has 0 bridgehead atoms. The zero-order valence-electron chi connectivity index (χ0n) is 15.1. The molecule has 1 aromatic heterocycles. The topological polar surface area (TPSA) is 92.6 Å². The van der Waals surface area contributed by atoms with Crippen molar-refractivity contribution < 1.29 is 18.7 Å². The van der Waals surface area contributed by atoms with Gasteiger partial charge >= 0.3 is 0 Å². The lowest BCUT2D eigenvalue weighted by Gasteiger charge is -2.14. The highest BCUT2D eigenvalue weighted by molar-refractivity contribution is 7.80. The van der Waals surface area contributed by atoms with Gasteiger partial charge in [-0.15, -0.1) is 0 Å². The lowest BCUT2D eigenvalue weighted by atomic mass is 10.1. The number of hydrogen-bond donors (Lipinski definition) is 3. The van der Waals surface area contributed by atoms with E-state index < -0.39 is 5.91 Å². The second-order valence-electron chi connectivity index (χ2n) is 6.18. The number of hydrogen-bond acceptors (Lipinski definition) is 5. The molecule has 7 nitrogen and oxygen atoms in total. The molecule has 0 unspecified atom stereocenters. The van der Waals surface area contributed by atoms with Crippen LogP contribution in [0.1, 0.15) is 29.0 Å². The largest absolute Gasteiger partial charge is 0.465 e. The van der Waals surface area contributed by atoms with Gasteiger partial charge in [-0.05, 0) is 55.4 Å². The van der Waals surface area contributed by atoms with E-state index in [9.17, 15) is 9.59 Å². The maximum absolute atomic E-state index is 12.5. The minimum atomic E-state index is -0.408. The Morgan fingerprint density at radius 2 is 2.07 bits per heavy atom. The highest BCUT2D eigenvalue weighted by Gasteiger charge is 2.18. The van der Waals surface area contributed by atoms with E-state index in [1.54, 1.807) is 36.4 Å². The second-order valence-corrected chi connectivity index (χ2v) is 6.59. The molecule has 3 rings (SSSR count). The molecule has 1 atom stereocenters. The monoisotopic (exact) mass is 399 g/mol. The molecule has 2 aromatic rings. The summed E-state index contributed by atoms with van der Waals surface area (Å²) in [5.41, 5.74) is 0.941. The molecule has 0 aliphatic carbocycles. The van der Waals surface area contributed by atoms with Crippen molar-refractivity contribution in [1.29, 1.82) is 0 Å². The van der Waals surface area contributed by atoms with Crippen molar-refractivity contribution in [2.24, 2.45) is 0 Å². The number of thiocarbonyl (C=S) groups is 1. The molecule has 1 aliphatic rings. The fourth-order valence-electron chi connectivity index (χ4n) is 2.75. The summed E-state index contributed by atoms with van der Waals surface area (Å²) in [6, 6.07) is 10.4. The summed E-state index contributed by atoms with van der Waals surface area (Å²) in [6.07, 6.45) is 6.38. The lowest BCUT2D eigenvalue weighted by molar-refractivity contribution is -0.115. The Labute approximate surface area is 168 Å². The number of anilines is 1. The summed E-state index contributed by atoms with van der Waals surface area (Å²) in [7, 11) is 0. The van der Waals surface area contributed by atoms with E-state index >= 15 is 0 Å². The summed E-state index contributed by atoms with van der Waals surface area (Å²) in [5.74, 6) is -0.0815. The maximum atomic E-state index is 12.5. The molecule has 0 radical (unpaired) electrons. The van der Waals surface area contributed by atoms with E-state index in [1.807, 2.05) is 0 Å². The Kier molecular flexibility index (Phi) is 6.94. The van der Waals surface area contributed by atoms with Gasteiger partial charge in [-0.2, -0.15) is 0 Å². The van der Waals surface area contributed by atoms with Gasteiger partial charge in [0, 0.05) is 19.2 Å². The Bertz CT molecular complexity index is 858. The summed E-state index contributed by atoms with van der Waals surface area (Å²) in [6.45, 7) is 1.20. The van der Waals surface area contributed by atoms with Crippen LogP contribution < -0.4 is 16.0 Å². The van der Waals surface area contributed by atoms with Gasteiger partial charge in [-0.1, -0.05) is 12.1 Å². The number of carbonyl (C=O) groups excluding carboxylic acids is 2. The van der Waals surface area contributed by atoms with E-state index in [0.29, 0.717) is 23.6 Å². The number of ether oxygens (including phenoxy) is 1. The van der Waals surface area contributed by atoms with E-state index in [2.05, 4.69) is 16.0 Å². The Morgan fingerprint density at radius 1 is 1.21 bits per heavy atom. The number of rotatable bonds is 6. The number of benzene rings is 1. The summed E-state index contributed by atoms with van der Waals surface area (Å²) < 4.78 is 10.6. The third-order valence-corrected chi connectivity index (χ3v) is 4.32. The third-order valence-electron chi connectivity index (χ3n) is 4.11. The van der Waals surface area contributed by atoms with Gasteiger partial charge in [0.05, 0.1) is 23.6 Å². The first kappa shape index (κ1) is 19.8. The molecule has 1 fully saturated rings. The normalized spacial score (nSPS) is 16.1. The quantitative estimate of drug-likeness (QED) is 0.511. The molecule has 1 aromatic carbocycles. The lowest BCUT2D eigenvalue weighted by Crippen LogP contribution is -2.35. The van der Waals surface area contributed by atoms with Gasteiger partial charge in [-0.3, -0.25) is 14.9 Å². The second kappa shape index (κ2) is 9.82. The molecule has 28 heavy (non-hydrogen) atoms. The molecular weight excluding hydrogens is 378 g/mol. The fourth-order valence-corrected chi connectivity index (χ4v) is 2.96. The molecule has 1 saturated heterocycles. The van der Waals surface area contributed by atoms with E-state index in [1.165, 1.54) is 18.4 Å². The van der Waals surface area contributed by atoms with Gasteiger partial charge in [-0.25, -0.2) is 0 Å². The van der Waals surface area contributed by atoms with E-state index in [-0.39, 0.29) is 17.1 Å². The third kappa shape index (κ3) is 5.77. The molecule has 0 saturated carbocycles. The number of para-hydroxylation sites is 1. The predicted octanol–water partition coefficient (Wildman–Crippen LogP) is 2.71. The Hall–Kier alpha value is -2.97. The summed E-state index contributed by atoms with van der Waals surface area (Å²) in [5, 5.41) is 8.39. The molecular formula is C20H21N3O4S. The number of furan rings is 1. The van der Waals surface area contributed by atoms with Gasteiger partial charge in [0.25, 0.3) is 5.91 Å². The Balaban J connectivity index is 1.55. The molecule has 2 amide bonds. The van der Waals surface area contributed by atoms with E-state index in [4.69, 9.17) is 21.4 Å². The molecule has 0 spiro atoms. The summed E-state index contributed by atoms with van der Waals surface area (Å²) in [4.78, 5) is 24.4. The van der Waals surface area contributed by atoms with Crippen molar-refractivity contribution in [1.82, 2.24) is 10.6 Å². The maximum Gasteiger partial charge on any atom is 0.253 e. The van der Waals surface area contributed by atoms with Crippen LogP contribution >= 0.6 is 12.2 Å². The number of nitrogens with one attached hydrogen (secondary N) is 3. The predicted molar refractivity (Wildman–Crippen MR) is 110 cm³/mol. The van der Waals surface area contributed by atoms with Crippen LogP contribution in [0.15, 0.2) is 53.2 Å². The molecule has 2 heterocycles. The smallest absolute Gasteiger partial charge is 0.253 e. The van der Waals surface area contributed by atoms with Gasteiger partial charge < -0.3 is 19.8 Å². The van der Waals surface area contributed by atoms with Crippen molar-refractivity contribution in [3.8, 4) is 0 Å².